The summed E-state index contributed by atoms with van der Waals surface area (Å²) in [4.78, 5) is 14.6. The number of aromatic nitrogens is 2. The quantitative estimate of drug-likeness (QED) is 0.288. The van der Waals surface area contributed by atoms with Crippen molar-refractivity contribution in [3.05, 3.63) is 48.3 Å². The average molecular weight is 578 g/mol. The first-order chi connectivity index (χ1) is 18.3. The number of ether oxygens (including phenoxy) is 2. The number of pyridine rings is 1. The second kappa shape index (κ2) is 11.8. The van der Waals surface area contributed by atoms with E-state index in [2.05, 4.69) is 14.9 Å². The molecular formula is C25H31N5O5S3. The van der Waals surface area contributed by atoms with Crippen LogP contribution in [0, 0.1) is 0 Å². The number of rotatable bonds is 10. The second-order valence-electron chi connectivity index (χ2n) is 9.11. The van der Waals surface area contributed by atoms with Crippen molar-refractivity contribution in [3.8, 4) is 5.75 Å². The summed E-state index contributed by atoms with van der Waals surface area (Å²) in [5, 5.41) is 2.00. The number of hydrogen-bond acceptors (Lipinski definition) is 9. The predicted molar refractivity (Wildman–Crippen MR) is 153 cm³/mol. The zero-order valence-corrected chi connectivity index (χ0v) is 23.8. The Morgan fingerprint density at radius 2 is 2.05 bits per heavy atom. The molecule has 204 valence electrons. The zero-order chi connectivity index (χ0) is 26.7. The number of aliphatic imine (C=N–C) groups is 1. The Labute approximate surface area is 230 Å². The summed E-state index contributed by atoms with van der Waals surface area (Å²) in [6.45, 7) is 4.08. The standard InChI is InChI=1S/C25H31N5O5S3/c1-29(38(32,33)23-5-3-4-6-26-23)22-15-19(35-10-9-34-2)13-18-14-21(28-24(18)22)25-27-16-20(36-25)17-30-7-11-37(31)12-8-30/h3-6,13-15,20,28H,7-12,16-17H2,1-2H3. The molecule has 5 rings (SSSR count). The Balaban J connectivity index is 1.42. The highest BCUT2D eigenvalue weighted by molar-refractivity contribution is 8.15. The van der Waals surface area contributed by atoms with Gasteiger partial charge in [-0.15, -0.1) is 0 Å². The lowest BCUT2D eigenvalue weighted by molar-refractivity contribution is 0.146. The number of H-pyrrole nitrogens is 1. The molecule has 1 unspecified atom stereocenters. The molecule has 0 saturated carbocycles. The van der Waals surface area contributed by atoms with Gasteiger partial charge in [-0.3, -0.25) is 14.2 Å². The van der Waals surface area contributed by atoms with Crippen LogP contribution in [0.2, 0.25) is 0 Å². The lowest BCUT2D eigenvalue weighted by Gasteiger charge is -2.29. The Morgan fingerprint density at radius 1 is 1.24 bits per heavy atom. The van der Waals surface area contributed by atoms with Gasteiger partial charge in [-0.2, -0.15) is 8.42 Å². The van der Waals surface area contributed by atoms with Crippen molar-refractivity contribution in [2.45, 2.75) is 10.3 Å². The number of aromatic amines is 1. The Hall–Kier alpha value is -2.29. The van der Waals surface area contributed by atoms with E-state index >= 15 is 0 Å². The lowest BCUT2D eigenvalue weighted by atomic mass is 10.2. The van der Waals surface area contributed by atoms with Gasteiger partial charge >= 0.3 is 0 Å². The first-order valence-electron chi connectivity index (χ1n) is 12.3. The topological polar surface area (TPSA) is 123 Å². The molecule has 4 heterocycles. The molecule has 0 amide bonds. The van der Waals surface area contributed by atoms with Crippen LogP contribution in [0.25, 0.3) is 10.9 Å². The maximum atomic E-state index is 13.4. The monoisotopic (exact) mass is 577 g/mol. The third kappa shape index (κ3) is 5.97. The molecule has 10 nitrogen and oxygen atoms in total. The molecule has 2 aromatic heterocycles. The third-order valence-electron chi connectivity index (χ3n) is 6.52. The molecule has 3 aromatic rings. The maximum Gasteiger partial charge on any atom is 0.281 e. The van der Waals surface area contributed by atoms with E-state index in [1.54, 1.807) is 37.1 Å². The van der Waals surface area contributed by atoms with Gasteiger partial charge in [-0.1, -0.05) is 29.0 Å². The maximum absolute atomic E-state index is 13.4. The number of fused-ring (bicyclic) bond motifs is 1. The van der Waals surface area contributed by atoms with Gasteiger partial charge in [0.15, 0.2) is 5.03 Å². The van der Waals surface area contributed by atoms with Crippen molar-refractivity contribution in [1.82, 2.24) is 14.9 Å². The average Bonchev–Trinajstić information content (AvgIpc) is 3.57. The molecular weight excluding hydrogens is 547 g/mol. The minimum atomic E-state index is -3.90. The molecule has 1 aromatic carbocycles. The van der Waals surface area contributed by atoms with Crippen molar-refractivity contribution >= 4 is 54.6 Å². The molecule has 0 aliphatic carbocycles. The van der Waals surface area contributed by atoms with Crippen LogP contribution in [0.5, 0.6) is 5.75 Å². The molecule has 0 bridgehead atoms. The van der Waals surface area contributed by atoms with Gasteiger partial charge in [0, 0.05) is 56.7 Å². The fourth-order valence-corrected chi connectivity index (χ4v) is 7.86. The third-order valence-corrected chi connectivity index (χ3v) is 10.7. The van der Waals surface area contributed by atoms with Gasteiger partial charge < -0.3 is 19.0 Å². The fourth-order valence-electron chi connectivity index (χ4n) is 4.46. The first-order valence-corrected chi connectivity index (χ1v) is 16.1. The van der Waals surface area contributed by atoms with E-state index in [1.165, 1.54) is 23.6 Å². The summed E-state index contributed by atoms with van der Waals surface area (Å²) in [6.07, 6.45) is 1.46. The van der Waals surface area contributed by atoms with Gasteiger partial charge in [-0.25, -0.2) is 4.98 Å². The van der Waals surface area contributed by atoms with E-state index in [4.69, 9.17) is 14.5 Å². The summed E-state index contributed by atoms with van der Waals surface area (Å²) in [7, 11) is -0.789. The predicted octanol–water partition coefficient (Wildman–Crippen LogP) is 2.34. The molecule has 1 N–H and O–H groups in total. The molecule has 1 atom stereocenters. The minimum absolute atomic E-state index is 0.0340. The number of nitrogens with one attached hydrogen (secondary N) is 1. The Bertz CT molecular complexity index is 1390. The van der Waals surface area contributed by atoms with Crippen molar-refractivity contribution in [1.29, 1.82) is 0 Å². The molecule has 2 aliphatic heterocycles. The summed E-state index contributed by atoms with van der Waals surface area (Å²) in [5.41, 5.74) is 1.96. The van der Waals surface area contributed by atoms with Crippen LogP contribution in [0.3, 0.4) is 0 Å². The van der Waals surface area contributed by atoms with Gasteiger partial charge in [-0.05, 0) is 24.3 Å². The van der Waals surface area contributed by atoms with Crippen molar-refractivity contribution in [2.24, 2.45) is 4.99 Å². The highest BCUT2D eigenvalue weighted by Gasteiger charge is 2.29. The highest BCUT2D eigenvalue weighted by atomic mass is 32.2. The molecule has 38 heavy (non-hydrogen) atoms. The highest BCUT2D eigenvalue weighted by Crippen LogP contribution is 2.36. The number of anilines is 1. The van der Waals surface area contributed by atoms with Crippen molar-refractivity contribution in [2.75, 3.05) is 69.4 Å². The number of hydrogen-bond donors (Lipinski definition) is 1. The summed E-state index contributed by atoms with van der Waals surface area (Å²) >= 11 is 1.03. The molecule has 0 spiro atoms. The van der Waals surface area contributed by atoms with E-state index < -0.39 is 21.2 Å². The van der Waals surface area contributed by atoms with Crippen LogP contribution in [0.15, 0.2) is 52.6 Å². The Morgan fingerprint density at radius 3 is 2.79 bits per heavy atom. The van der Waals surface area contributed by atoms with Crippen LogP contribution in [-0.2, 0) is 25.9 Å². The number of nitrogens with zero attached hydrogens (tertiary/aromatic N) is 4. The molecule has 2 aliphatic rings. The normalized spacial score (nSPS) is 19.1. The minimum Gasteiger partial charge on any atom is -0.616 e. The number of thioether (sulfide) groups is 1. The number of methoxy groups -OCH3 is 1. The molecule has 13 heteroatoms. The SMILES string of the molecule is COCCOc1cc(N(C)S(=O)(=O)c2ccccn2)c2[nH]c(C3=NCC(CN4CC[S+]([O-])CC4)S3)cc2c1. The zero-order valence-electron chi connectivity index (χ0n) is 21.3. The van der Waals surface area contributed by atoms with Gasteiger partial charge in [0.1, 0.15) is 28.9 Å². The van der Waals surface area contributed by atoms with E-state index in [-0.39, 0.29) is 5.03 Å². The summed E-state index contributed by atoms with van der Waals surface area (Å²) in [6, 6.07) is 10.4. The smallest absolute Gasteiger partial charge is 0.281 e. The number of sulfonamides is 1. The summed E-state index contributed by atoms with van der Waals surface area (Å²) < 4.78 is 50.7. The van der Waals surface area contributed by atoms with E-state index in [0.717, 1.165) is 47.3 Å². The number of benzene rings is 1. The molecule has 1 fully saturated rings. The van der Waals surface area contributed by atoms with Crippen molar-refractivity contribution in [3.63, 3.8) is 0 Å². The van der Waals surface area contributed by atoms with Crippen LogP contribution < -0.4 is 9.04 Å². The van der Waals surface area contributed by atoms with Crippen LogP contribution in [0.4, 0.5) is 5.69 Å². The fraction of sp³-hybridized carbons (Fsp3) is 0.440. The van der Waals surface area contributed by atoms with E-state index in [9.17, 15) is 13.0 Å². The van der Waals surface area contributed by atoms with E-state index in [1.807, 2.05) is 12.1 Å². The summed E-state index contributed by atoms with van der Waals surface area (Å²) in [5.74, 6) is 2.01. The lowest BCUT2D eigenvalue weighted by Crippen LogP contribution is -2.43. The van der Waals surface area contributed by atoms with Crippen LogP contribution >= 0.6 is 11.8 Å². The molecule has 0 radical (unpaired) electrons. The van der Waals surface area contributed by atoms with Crippen LogP contribution in [-0.4, -0.2) is 103 Å². The van der Waals surface area contributed by atoms with Crippen LogP contribution in [0.1, 0.15) is 5.69 Å². The first kappa shape index (κ1) is 27.3. The Kier molecular flexibility index (Phi) is 8.50. The largest absolute Gasteiger partial charge is 0.616 e. The van der Waals surface area contributed by atoms with E-state index in [0.29, 0.717) is 42.0 Å². The molecule has 1 saturated heterocycles. The van der Waals surface area contributed by atoms with Crippen molar-refractivity contribution < 1.29 is 22.4 Å². The van der Waals surface area contributed by atoms with Gasteiger partial charge in [0.2, 0.25) is 0 Å². The van der Waals surface area contributed by atoms with Gasteiger partial charge in [0.25, 0.3) is 10.0 Å². The van der Waals surface area contributed by atoms with Gasteiger partial charge in [0.05, 0.1) is 30.0 Å². The second-order valence-corrected chi connectivity index (χ2v) is 14.0.